The molecule has 9 aromatic rings. The van der Waals surface area contributed by atoms with Crippen LogP contribution in [-0.2, 0) is 12.8 Å². The van der Waals surface area contributed by atoms with Crippen molar-refractivity contribution in [3.8, 4) is 55.9 Å². The van der Waals surface area contributed by atoms with E-state index in [9.17, 15) is 0 Å². The second-order valence-corrected chi connectivity index (χ2v) is 17.0. The Morgan fingerprint density at radius 3 is 1.83 bits per heavy atom. The quantitative estimate of drug-likeness (QED) is 0.157. The highest BCUT2D eigenvalue weighted by molar-refractivity contribution is 6.21. The molecule has 11 rings (SSSR count). The van der Waals surface area contributed by atoms with Gasteiger partial charge in [-0.15, -0.1) is 0 Å². The van der Waals surface area contributed by atoms with Gasteiger partial charge in [0.15, 0.2) is 11.7 Å². The Hall–Kier alpha value is -8.04. The molecule has 8 aromatic carbocycles. The summed E-state index contributed by atoms with van der Waals surface area (Å²) < 4.78 is 0. The van der Waals surface area contributed by atoms with Gasteiger partial charge in [-0.05, 0) is 124 Å². The molecule has 1 aliphatic carbocycles. The van der Waals surface area contributed by atoms with Gasteiger partial charge in [-0.2, -0.15) is 0 Å². The number of benzene rings is 8. The smallest absolute Gasteiger partial charge is 0.161 e. The molecule has 1 aromatic heterocycles. The standard InChI is InChI=1S/C61H46N4/c1-40-38-56(43-18-7-4-8-19-43)64-61(65-59(40)47-30-32-48(33-31-47)60-62-36-15-37-63-60)49-34-35-52(55(39-49)42-16-5-3-6-17-42)54-29-13-25-46-21-10-9-20-44-22-11-23-45-24-12-28-53(57(44)45)50-26-14-27-51(41(50)2)58(46)54/h3-8,11-19,22-37,39H,9-10,20-21H2,1-2H3. The number of hydrogen-bond acceptors (Lipinski definition) is 4. The van der Waals surface area contributed by atoms with E-state index in [2.05, 4.69) is 187 Å². The highest BCUT2D eigenvalue weighted by Gasteiger charge is 2.23. The van der Waals surface area contributed by atoms with E-state index in [-0.39, 0.29) is 0 Å². The molecule has 0 amide bonds. The van der Waals surface area contributed by atoms with E-state index in [4.69, 9.17) is 9.98 Å². The van der Waals surface area contributed by atoms with Crippen LogP contribution < -0.4 is 0 Å². The fraction of sp³-hybridized carbons (Fsp3) is 0.0984. The lowest BCUT2D eigenvalue weighted by Crippen LogP contribution is -2.07. The molecular formula is C61H46N4. The lowest BCUT2D eigenvalue weighted by Gasteiger charge is -2.23. The van der Waals surface area contributed by atoms with Crippen LogP contribution >= 0.6 is 0 Å². The van der Waals surface area contributed by atoms with Crippen LogP contribution in [0, 0.1) is 6.92 Å². The van der Waals surface area contributed by atoms with Crippen LogP contribution in [0.2, 0.25) is 0 Å². The first-order valence-corrected chi connectivity index (χ1v) is 22.6. The number of aryl methyl sites for hydroxylation is 2. The summed E-state index contributed by atoms with van der Waals surface area (Å²) in [6.45, 7) is 4.39. The molecule has 4 heteroatoms. The van der Waals surface area contributed by atoms with Crippen molar-refractivity contribution in [2.24, 2.45) is 9.98 Å². The van der Waals surface area contributed by atoms with Gasteiger partial charge in [0.2, 0.25) is 0 Å². The molecule has 310 valence electrons. The second kappa shape index (κ2) is 17.3. The highest BCUT2D eigenvalue weighted by Crippen LogP contribution is 2.45. The van der Waals surface area contributed by atoms with Crippen LogP contribution in [-0.4, -0.2) is 21.5 Å². The van der Waals surface area contributed by atoms with Gasteiger partial charge in [0.1, 0.15) is 5.70 Å². The molecule has 0 atom stereocenters. The molecule has 0 saturated heterocycles. The van der Waals surface area contributed by atoms with Crippen LogP contribution in [0.5, 0.6) is 0 Å². The van der Waals surface area contributed by atoms with E-state index >= 15 is 0 Å². The zero-order valence-corrected chi connectivity index (χ0v) is 36.6. The maximum absolute atomic E-state index is 5.42. The number of hydrogen-bond donors (Lipinski definition) is 0. The Morgan fingerprint density at radius 2 is 1.05 bits per heavy atom. The molecule has 4 nitrogen and oxygen atoms in total. The van der Waals surface area contributed by atoms with E-state index in [1.807, 2.05) is 24.3 Å². The van der Waals surface area contributed by atoms with Crippen LogP contribution in [0.15, 0.2) is 216 Å². The summed E-state index contributed by atoms with van der Waals surface area (Å²) in [5.41, 5.74) is 23.9. The van der Waals surface area contributed by atoms with Gasteiger partial charge in [-0.1, -0.05) is 176 Å². The molecule has 0 N–H and O–H groups in total. The van der Waals surface area contributed by atoms with Crippen molar-refractivity contribution < 1.29 is 0 Å². The van der Waals surface area contributed by atoms with Gasteiger partial charge in [0.05, 0.1) is 5.71 Å². The fourth-order valence-electron chi connectivity index (χ4n) is 9.76. The van der Waals surface area contributed by atoms with E-state index in [0.29, 0.717) is 11.7 Å². The first-order chi connectivity index (χ1) is 32.1. The molecule has 0 fully saturated rings. The molecule has 0 radical (unpaired) electrons. The maximum atomic E-state index is 5.42. The summed E-state index contributed by atoms with van der Waals surface area (Å²) in [5, 5.41) is 2.69. The summed E-state index contributed by atoms with van der Waals surface area (Å²) in [6, 6.07) is 65.4. The van der Waals surface area contributed by atoms with E-state index in [1.54, 1.807) is 12.4 Å². The monoisotopic (exact) mass is 834 g/mol. The third-order valence-corrected chi connectivity index (χ3v) is 13.0. The Kier molecular flexibility index (Phi) is 10.6. The fourth-order valence-corrected chi connectivity index (χ4v) is 9.76. The normalized spacial score (nSPS) is 13.6. The molecule has 1 aliphatic heterocycles. The third-order valence-electron chi connectivity index (χ3n) is 13.0. The van der Waals surface area contributed by atoms with Crippen LogP contribution in [0.1, 0.15) is 53.1 Å². The molecule has 0 spiro atoms. The number of rotatable bonds is 6. The van der Waals surface area contributed by atoms with Gasteiger partial charge in [-0.3, -0.25) is 0 Å². The number of aliphatic imine (C=N–C) groups is 2. The van der Waals surface area contributed by atoms with Crippen molar-refractivity contribution in [2.75, 3.05) is 0 Å². The number of allylic oxidation sites excluding steroid dienone is 1. The number of fused-ring (bicyclic) bond motifs is 5. The average molecular weight is 835 g/mol. The van der Waals surface area contributed by atoms with E-state index in [0.717, 1.165) is 76.0 Å². The Balaban J connectivity index is 1.09. The minimum atomic E-state index is 0.629. The van der Waals surface area contributed by atoms with Crippen LogP contribution in [0.3, 0.4) is 0 Å². The molecule has 2 bridgehead atoms. The first-order valence-electron chi connectivity index (χ1n) is 22.6. The summed E-state index contributed by atoms with van der Waals surface area (Å²) in [4.78, 5) is 19.7. The number of nitrogens with zero attached hydrogens (tertiary/aromatic N) is 4. The van der Waals surface area contributed by atoms with Crippen LogP contribution in [0.4, 0.5) is 0 Å². The lowest BCUT2D eigenvalue weighted by molar-refractivity contribution is 0.737. The Labute approximate surface area is 380 Å². The minimum absolute atomic E-state index is 0.629. The molecular weight excluding hydrogens is 789 g/mol. The van der Waals surface area contributed by atoms with Gasteiger partial charge in [-0.25, -0.2) is 20.0 Å². The van der Waals surface area contributed by atoms with Gasteiger partial charge >= 0.3 is 0 Å². The number of aromatic nitrogens is 2. The summed E-state index contributed by atoms with van der Waals surface area (Å²) in [6.07, 6.45) is 7.81. The Bertz CT molecular complexity index is 3390. The highest BCUT2D eigenvalue weighted by atomic mass is 14.9. The zero-order chi connectivity index (χ0) is 43.7. The van der Waals surface area contributed by atoms with Crippen LogP contribution in [0.25, 0.3) is 72.4 Å². The topological polar surface area (TPSA) is 50.5 Å². The molecule has 0 unspecified atom stereocenters. The van der Waals surface area contributed by atoms with Gasteiger partial charge in [0.25, 0.3) is 0 Å². The van der Waals surface area contributed by atoms with Gasteiger partial charge in [0, 0.05) is 40.2 Å². The predicted molar refractivity (Wildman–Crippen MR) is 270 cm³/mol. The average Bonchev–Trinajstić information content (AvgIpc) is 3.54. The summed E-state index contributed by atoms with van der Waals surface area (Å²) >= 11 is 0. The van der Waals surface area contributed by atoms with Crippen molar-refractivity contribution in [2.45, 2.75) is 39.5 Å². The summed E-state index contributed by atoms with van der Waals surface area (Å²) in [7, 11) is 0. The summed E-state index contributed by atoms with van der Waals surface area (Å²) in [5.74, 6) is 1.31. The largest absolute Gasteiger partial charge is 0.237 e. The predicted octanol–water partition coefficient (Wildman–Crippen LogP) is 15.0. The first kappa shape index (κ1) is 39.8. The van der Waals surface area contributed by atoms with E-state index < -0.39 is 0 Å². The maximum Gasteiger partial charge on any atom is 0.161 e. The lowest BCUT2D eigenvalue weighted by atomic mass is 9.81. The molecule has 2 aliphatic rings. The molecule has 0 saturated carbocycles. The Morgan fingerprint density at radius 1 is 0.431 bits per heavy atom. The minimum Gasteiger partial charge on any atom is -0.237 e. The van der Waals surface area contributed by atoms with E-state index in [1.165, 1.54) is 60.8 Å². The number of amidine groups is 1. The van der Waals surface area contributed by atoms with Crippen molar-refractivity contribution in [1.29, 1.82) is 0 Å². The molecule has 2 heterocycles. The molecule has 65 heavy (non-hydrogen) atoms. The SMILES string of the molecule is CC1=C=C(c2ccccc2)N=C(c2ccc(-c3cccc4c3-c3cccc(c3C)-c3cccc5cccc(c35)CCCC4)c(-c3ccccc3)c2)N=C1c1ccc(-c2ncccn2)cc1. The third kappa shape index (κ3) is 7.65. The van der Waals surface area contributed by atoms with Crippen molar-refractivity contribution in [3.05, 3.63) is 239 Å². The van der Waals surface area contributed by atoms with Crippen molar-refractivity contribution in [1.82, 2.24) is 9.97 Å². The van der Waals surface area contributed by atoms with Crippen molar-refractivity contribution in [3.63, 3.8) is 0 Å². The van der Waals surface area contributed by atoms with Crippen molar-refractivity contribution >= 4 is 28.0 Å². The zero-order valence-electron chi connectivity index (χ0n) is 36.6. The van der Waals surface area contributed by atoms with Gasteiger partial charge < -0.3 is 0 Å². The second-order valence-electron chi connectivity index (χ2n) is 17.0.